The molecule has 2 rings (SSSR count). The van der Waals surface area contributed by atoms with Crippen LogP contribution < -0.4 is 4.72 Å². The zero-order valence-corrected chi connectivity index (χ0v) is 13.2. The molecule has 2 heterocycles. The molecule has 0 amide bonds. The molecule has 0 radical (unpaired) electrons. The van der Waals surface area contributed by atoms with E-state index in [0.29, 0.717) is 18.0 Å². The van der Waals surface area contributed by atoms with E-state index >= 15 is 0 Å². The molecule has 21 heavy (non-hydrogen) atoms. The molecule has 1 saturated heterocycles. The van der Waals surface area contributed by atoms with E-state index < -0.39 is 10.0 Å². The van der Waals surface area contributed by atoms with Gasteiger partial charge in [-0.25, -0.2) is 13.1 Å². The average Bonchev–Trinajstić information content (AvgIpc) is 2.52. The van der Waals surface area contributed by atoms with E-state index in [1.54, 1.807) is 0 Å². The normalized spacial score (nSPS) is 16.2. The van der Waals surface area contributed by atoms with E-state index in [0.717, 1.165) is 24.3 Å². The standard InChI is InChI=1S/C14H18N2O3S2/c17-5-1-2-13-8-14(11-15-9-13)21(18,19)16-10-12-3-6-20-7-4-12/h8-9,11-12,16-17H,3-7,10H2. The quantitative estimate of drug-likeness (QED) is 0.802. The number of aromatic nitrogens is 1. The molecule has 0 spiro atoms. The Morgan fingerprint density at radius 3 is 2.86 bits per heavy atom. The summed E-state index contributed by atoms with van der Waals surface area (Å²) >= 11 is 1.92. The van der Waals surface area contributed by atoms with Crippen LogP contribution >= 0.6 is 11.8 Å². The molecule has 114 valence electrons. The van der Waals surface area contributed by atoms with Gasteiger partial charge in [0.15, 0.2) is 0 Å². The molecule has 0 aromatic carbocycles. The minimum Gasteiger partial charge on any atom is -0.384 e. The fourth-order valence-electron chi connectivity index (χ4n) is 2.04. The highest BCUT2D eigenvalue weighted by molar-refractivity contribution is 7.99. The monoisotopic (exact) mass is 326 g/mol. The minimum atomic E-state index is -3.56. The molecule has 1 fully saturated rings. The minimum absolute atomic E-state index is 0.109. The van der Waals surface area contributed by atoms with Crippen LogP contribution in [-0.2, 0) is 10.0 Å². The zero-order chi connectivity index (χ0) is 15.1. The molecule has 0 aliphatic carbocycles. The van der Waals surface area contributed by atoms with Gasteiger partial charge in [-0.05, 0) is 36.3 Å². The summed E-state index contributed by atoms with van der Waals surface area (Å²) in [6.07, 6.45) is 4.88. The van der Waals surface area contributed by atoms with Gasteiger partial charge in [0, 0.05) is 24.5 Å². The van der Waals surface area contributed by atoms with E-state index in [2.05, 4.69) is 21.5 Å². The van der Waals surface area contributed by atoms with Crippen molar-refractivity contribution in [2.45, 2.75) is 17.7 Å². The molecular formula is C14H18N2O3S2. The second kappa shape index (κ2) is 7.80. The van der Waals surface area contributed by atoms with Gasteiger partial charge in [0.2, 0.25) is 10.0 Å². The Morgan fingerprint density at radius 2 is 2.14 bits per heavy atom. The molecule has 7 heteroatoms. The third kappa shape index (κ3) is 5.00. The number of nitrogens with one attached hydrogen (secondary N) is 1. The number of sulfonamides is 1. The van der Waals surface area contributed by atoms with E-state index in [-0.39, 0.29) is 11.5 Å². The average molecular weight is 326 g/mol. The maximum absolute atomic E-state index is 12.2. The van der Waals surface area contributed by atoms with Crippen molar-refractivity contribution < 1.29 is 13.5 Å². The lowest BCUT2D eigenvalue weighted by Gasteiger charge is -2.21. The summed E-state index contributed by atoms with van der Waals surface area (Å²) in [4.78, 5) is 4.00. The van der Waals surface area contributed by atoms with Gasteiger partial charge in [0.05, 0.1) is 0 Å². The predicted octanol–water partition coefficient (Wildman–Crippen LogP) is 0.847. The number of nitrogens with zero attached hydrogens (tertiary/aromatic N) is 1. The lowest BCUT2D eigenvalue weighted by Crippen LogP contribution is -2.31. The van der Waals surface area contributed by atoms with E-state index in [1.807, 2.05) is 11.8 Å². The molecule has 1 aromatic heterocycles. The van der Waals surface area contributed by atoms with Gasteiger partial charge in [0.25, 0.3) is 0 Å². The largest absolute Gasteiger partial charge is 0.384 e. The summed E-state index contributed by atoms with van der Waals surface area (Å²) in [6, 6.07) is 1.47. The smallest absolute Gasteiger partial charge is 0.242 e. The lowest BCUT2D eigenvalue weighted by atomic mass is 10.0. The van der Waals surface area contributed by atoms with Crippen LogP contribution in [0.4, 0.5) is 0 Å². The van der Waals surface area contributed by atoms with Crippen molar-refractivity contribution in [3.63, 3.8) is 0 Å². The number of rotatable bonds is 4. The summed E-state index contributed by atoms with van der Waals surface area (Å²) in [5, 5.41) is 8.66. The Morgan fingerprint density at radius 1 is 1.38 bits per heavy atom. The first-order valence-corrected chi connectivity index (χ1v) is 9.38. The molecule has 1 aliphatic rings. The van der Waals surface area contributed by atoms with Crippen LogP contribution in [0.5, 0.6) is 0 Å². The Kier molecular flexibility index (Phi) is 6.06. The topological polar surface area (TPSA) is 79.3 Å². The maximum Gasteiger partial charge on any atom is 0.242 e. The van der Waals surface area contributed by atoms with Gasteiger partial charge in [-0.15, -0.1) is 0 Å². The number of aliphatic hydroxyl groups excluding tert-OH is 1. The van der Waals surface area contributed by atoms with E-state index in [1.165, 1.54) is 18.5 Å². The lowest BCUT2D eigenvalue weighted by molar-refractivity contribution is 0.350. The highest BCUT2D eigenvalue weighted by Gasteiger charge is 2.19. The second-order valence-electron chi connectivity index (χ2n) is 4.78. The predicted molar refractivity (Wildman–Crippen MR) is 83.4 cm³/mol. The number of pyridine rings is 1. The number of aliphatic hydroxyl groups is 1. The van der Waals surface area contributed by atoms with Crippen LogP contribution in [0.3, 0.4) is 0 Å². The molecule has 1 aromatic rings. The summed E-state index contributed by atoms with van der Waals surface area (Å²) in [6.45, 7) is 0.199. The van der Waals surface area contributed by atoms with Crippen LogP contribution in [0.2, 0.25) is 0 Å². The van der Waals surface area contributed by atoms with Gasteiger partial charge in [-0.1, -0.05) is 11.8 Å². The van der Waals surface area contributed by atoms with E-state index in [9.17, 15) is 8.42 Å². The number of thioether (sulfide) groups is 1. The Hall–Kier alpha value is -1.07. The van der Waals surface area contributed by atoms with Crippen molar-refractivity contribution in [1.29, 1.82) is 0 Å². The van der Waals surface area contributed by atoms with Crippen molar-refractivity contribution >= 4 is 21.8 Å². The third-order valence-electron chi connectivity index (χ3n) is 3.24. The summed E-state index contributed by atoms with van der Waals surface area (Å²) in [5.41, 5.74) is 0.473. The SMILES string of the molecule is O=S(=O)(NCC1CCSCC1)c1cncc(C#CCO)c1. The first-order chi connectivity index (χ1) is 10.1. The van der Waals surface area contributed by atoms with Crippen LogP contribution in [0, 0.1) is 17.8 Å². The van der Waals surface area contributed by atoms with Gasteiger partial charge >= 0.3 is 0 Å². The maximum atomic E-state index is 12.2. The summed E-state index contributed by atoms with van der Waals surface area (Å²) in [5.74, 6) is 7.73. The van der Waals surface area contributed by atoms with Crippen LogP contribution in [0.1, 0.15) is 18.4 Å². The summed E-state index contributed by atoms with van der Waals surface area (Å²) in [7, 11) is -3.56. The highest BCUT2D eigenvalue weighted by Crippen LogP contribution is 2.22. The second-order valence-corrected chi connectivity index (χ2v) is 7.77. The number of hydrogen-bond acceptors (Lipinski definition) is 5. The third-order valence-corrected chi connectivity index (χ3v) is 5.68. The molecular weight excluding hydrogens is 308 g/mol. The van der Waals surface area contributed by atoms with Crippen LogP contribution in [0.25, 0.3) is 0 Å². The molecule has 0 bridgehead atoms. The molecule has 1 aliphatic heterocycles. The molecule has 0 saturated carbocycles. The van der Waals surface area contributed by atoms with E-state index in [4.69, 9.17) is 5.11 Å². The highest BCUT2D eigenvalue weighted by atomic mass is 32.2. The first-order valence-electron chi connectivity index (χ1n) is 6.74. The van der Waals surface area contributed by atoms with Crippen molar-refractivity contribution in [2.24, 2.45) is 5.92 Å². The first kappa shape index (κ1) is 16.3. The van der Waals surface area contributed by atoms with Crippen molar-refractivity contribution in [1.82, 2.24) is 9.71 Å². The molecule has 5 nitrogen and oxygen atoms in total. The van der Waals surface area contributed by atoms with Gasteiger partial charge < -0.3 is 5.11 Å². The summed E-state index contributed by atoms with van der Waals surface area (Å²) < 4.78 is 27.1. The Bertz CT molecular complexity index is 629. The zero-order valence-electron chi connectivity index (χ0n) is 11.6. The Balaban J connectivity index is 2.04. The Labute approximate surface area is 129 Å². The fourth-order valence-corrected chi connectivity index (χ4v) is 4.34. The van der Waals surface area contributed by atoms with Gasteiger partial charge in [-0.3, -0.25) is 4.98 Å². The van der Waals surface area contributed by atoms with Gasteiger partial charge in [0.1, 0.15) is 11.5 Å². The number of hydrogen-bond donors (Lipinski definition) is 2. The van der Waals surface area contributed by atoms with Crippen molar-refractivity contribution in [2.75, 3.05) is 24.7 Å². The molecule has 0 atom stereocenters. The fraction of sp³-hybridized carbons (Fsp3) is 0.500. The van der Waals surface area contributed by atoms with Crippen LogP contribution in [0.15, 0.2) is 23.4 Å². The van der Waals surface area contributed by atoms with Crippen molar-refractivity contribution in [3.05, 3.63) is 24.0 Å². The molecule has 2 N–H and O–H groups in total. The molecule has 0 unspecified atom stereocenters. The van der Waals surface area contributed by atoms with Crippen LogP contribution in [-0.4, -0.2) is 43.2 Å². The van der Waals surface area contributed by atoms with Crippen molar-refractivity contribution in [3.8, 4) is 11.8 Å². The van der Waals surface area contributed by atoms with Gasteiger partial charge in [-0.2, -0.15) is 11.8 Å².